The first-order valence-corrected chi connectivity index (χ1v) is 9.11. The van der Waals surface area contributed by atoms with Gasteiger partial charge in [0.15, 0.2) is 5.82 Å². The van der Waals surface area contributed by atoms with Crippen molar-refractivity contribution in [3.63, 3.8) is 0 Å². The second kappa shape index (κ2) is 8.58. The molecule has 0 aliphatic heterocycles. The second-order valence-corrected chi connectivity index (χ2v) is 6.19. The molecule has 0 atom stereocenters. The summed E-state index contributed by atoms with van der Waals surface area (Å²) in [5.41, 5.74) is 2.28. The molecule has 0 fully saturated rings. The molecule has 2 aromatic carbocycles. The summed E-state index contributed by atoms with van der Waals surface area (Å²) in [5, 5.41) is 4.24. The van der Waals surface area contributed by atoms with Gasteiger partial charge in [-0.05, 0) is 42.7 Å². The van der Waals surface area contributed by atoms with Crippen LogP contribution in [0, 0.1) is 5.82 Å². The third kappa shape index (κ3) is 4.39. The van der Waals surface area contributed by atoms with Crippen LogP contribution in [0.1, 0.15) is 42.6 Å². The van der Waals surface area contributed by atoms with Crippen LogP contribution in [0.5, 0.6) is 6.01 Å². The number of rotatable bonds is 7. The number of carbonyl (C=O) groups is 1. The fourth-order valence-electron chi connectivity index (χ4n) is 2.59. The predicted octanol–water partition coefficient (Wildman–Crippen LogP) is 4.51. The van der Waals surface area contributed by atoms with Gasteiger partial charge in [-0.15, -0.1) is 5.10 Å². The fourth-order valence-corrected chi connectivity index (χ4v) is 2.59. The summed E-state index contributed by atoms with van der Waals surface area (Å²) in [4.78, 5) is 17.3. The highest BCUT2D eigenvalue weighted by atomic mass is 19.1. The minimum absolute atomic E-state index is 0.161. The van der Waals surface area contributed by atoms with Crippen LogP contribution >= 0.6 is 0 Å². The van der Waals surface area contributed by atoms with E-state index in [0.717, 1.165) is 24.8 Å². The first-order valence-electron chi connectivity index (χ1n) is 9.11. The molecule has 3 rings (SSSR count). The monoisotopic (exact) mass is 367 g/mol. The fraction of sp³-hybridized carbons (Fsp3) is 0.286. The van der Waals surface area contributed by atoms with Crippen molar-refractivity contribution < 1.29 is 13.9 Å². The van der Waals surface area contributed by atoms with Crippen LogP contribution in [0.4, 0.5) is 4.39 Å². The largest absolute Gasteiger partial charge is 0.462 e. The standard InChI is InChI=1S/C21H22FN3O2/c1-3-5-14-27-21-23-19(16-8-6-15(4-2)7-9-16)25(24-21)20(26)17-10-12-18(22)13-11-17/h6-13H,3-5,14H2,1-2H3. The van der Waals surface area contributed by atoms with E-state index in [0.29, 0.717) is 18.0 Å². The number of hydrogen-bond acceptors (Lipinski definition) is 4. The molecule has 0 spiro atoms. The van der Waals surface area contributed by atoms with Crippen molar-refractivity contribution in [2.45, 2.75) is 33.1 Å². The van der Waals surface area contributed by atoms with Crippen LogP contribution in [-0.4, -0.2) is 27.3 Å². The summed E-state index contributed by atoms with van der Waals surface area (Å²) in [6.45, 7) is 4.63. The Morgan fingerprint density at radius 3 is 2.41 bits per heavy atom. The van der Waals surface area contributed by atoms with Crippen LogP contribution in [0.3, 0.4) is 0 Å². The lowest BCUT2D eigenvalue weighted by Gasteiger charge is -2.05. The molecule has 140 valence electrons. The molecule has 0 amide bonds. The molecule has 0 aliphatic carbocycles. The van der Waals surface area contributed by atoms with Gasteiger partial charge < -0.3 is 4.74 Å². The molecule has 3 aromatic rings. The molecule has 0 radical (unpaired) electrons. The summed E-state index contributed by atoms with van der Waals surface area (Å²) in [5.74, 6) is -0.384. The summed E-state index contributed by atoms with van der Waals surface area (Å²) >= 11 is 0. The smallest absolute Gasteiger partial charge is 0.336 e. The number of ether oxygens (including phenoxy) is 1. The van der Waals surface area contributed by atoms with Crippen LogP contribution in [0.15, 0.2) is 48.5 Å². The van der Waals surface area contributed by atoms with Gasteiger partial charge in [0.05, 0.1) is 6.61 Å². The average Bonchev–Trinajstić information content (AvgIpc) is 3.12. The SMILES string of the molecule is CCCCOc1nc(-c2ccc(CC)cc2)n(C(=O)c2ccc(F)cc2)n1. The number of hydrogen-bond donors (Lipinski definition) is 0. The summed E-state index contributed by atoms with van der Waals surface area (Å²) in [6.07, 6.45) is 2.79. The van der Waals surface area contributed by atoms with Crippen molar-refractivity contribution >= 4 is 5.91 Å². The Hall–Kier alpha value is -3.02. The van der Waals surface area contributed by atoms with E-state index in [1.54, 1.807) is 0 Å². The van der Waals surface area contributed by atoms with Crippen LogP contribution in [0.2, 0.25) is 0 Å². The van der Waals surface area contributed by atoms with Crippen molar-refractivity contribution in [3.05, 3.63) is 65.5 Å². The van der Waals surface area contributed by atoms with Gasteiger partial charge in [-0.25, -0.2) is 4.39 Å². The number of aryl methyl sites for hydroxylation is 1. The molecule has 0 bridgehead atoms. The highest BCUT2D eigenvalue weighted by Gasteiger charge is 2.20. The summed E-state index contributed by atoms with van der Waals surface area (Å²) < 4.78 is 20.0. The van der Waals surface area contributed by atoms with E-state index < -0.39 is 5.82 Å². The predicted molar refractivity (Wildman–Crippen MR) is 101 cm³/mol. The molecular weight excluding hydrogens is 345 g/mol. The Labute approximate surface area is 157 Å². The highest BCUT2D eigenvalue weighted by molar-refractivity contribution is 5.97. The number of carbonyl (C=O) groups excluding carboxylic acids is 1. The number of nitrogens with zero attached hydrogens (tertiary/aromatic N) is 3. The number of unbranched alkanes of at least 4 members (excludes halogenated alkanes) is 1. The molecule has 0 N–H and O–H groups in total. The Kier molecular flexibility index (Phi) is 5.96. The van der Waals surface area contributed by atoms with E-state index in [-0.39, 0.29) is 11.9 Å². The van der Waals surface area contributed by atoms with Gasteiger partial charge >= 0.3 is 6.01 Å². The maximum Gasteiger partial charge on any atom is 0.336 e. The van der Waals surface area contributed by atoms with Crippen molar-refractivity contribution in [1.82, 2.24) is 14.8 Å². The minimum Gasteiger partial charge on any atom is -0.462 e. The van der Waals surface area contributed by atoms with Crippen molar-refractivity contribution in [3.8, 4) is 17.4 Å². The Morgan fingerprint density at radius 2 is 1.78 bits per heavy atom. The third-order valence-electron chi connectivity index (χ3n) is 4.22. The van der Waals surface area contributed by atoms with E-state index in [9.17, 15) is 9.18 Å². The van der Waals surface area contributed by atoms with Gasteiger partial charge in [-0.2, -0.15) is 9.67 Å². The average molecular weight is 367 g/mol. The van der Waals surface area contributed by atoms with Gasteiger partial charge in [-0.3, -0.25) is 4.79 Å². The molecule has 27 heavy (non-hydrogen) atoms. The maximum atomic E-state index is 13.2. The van der Waals surface area contributed by atoms with E-state index in [2.05, 4.69) is 23.9 Å². The molecule has 0 saturated heterocycles. The van der Waals surface area contributed by atoms with Crippen molar-refractivity contribution in [1.29, 1.82) is 0 Å². The summed E-state index contributed by atoms with van der Waals surface area (Å²) in [6, 6.07) is 13.3. The molecule has 0 unspecified atom stereocenters. The quantitative estimate of drug-likeness (QED) is 0.577. The second-order valence-electron chi connectivity index (χ2n) is 6.19. The zero-order valence-corrected chi connectivity index (χ0v) is 15.5. The number of aromatic nitrogens is 3. The van der Waals surface area contributed by atoms with Gasteiger partial charge in [0.25, 0.3) is 5.91 Å². The van der Waals surface area contributed by atoms with Crippen molar-refractivity contribution in [2.75, 3.05) is 6.61 Å². The molecule has 5 nitrogen and oxygen atoms in total. The molecule has 0 saturated carbocycles. The topological polar surface area (TPSA) is 57.0 Å². The number of benzene rings is 2. The molecular formula is C21H22FN3O2. The van der Waals surface area contributed by atoms with E-state index in [4.69, 9.17) is 4.74 Å². The Morgan fingerprint density at radius 1 is 1.07 bits per heavy atom. The van der Waals surface area contributed by atoms with Crippen LogP contribution < -0.4 is 4.74 Å². The Bertz CT molecular complexity index is 902. The van der Waals surface area contributed by atoms with Gasteiger partial charge in [0.1, 0.15) is 5.82 Å². The van der Waals surface area contributed by atoms with Crippen LogP contribution in [0.25, 0.3) is 11.4 Å². The number of halogens is 1. The zero-order chi connectivity index (χ0) is 19.2. The molecule has 0 aliphatic rings. The molecule has 6 heteroatoms. The lowest BCUT2D eigenvalue weighted by atomic mass is 10.1. The Balaban J connectivity index is 1.98. The van der Waals surface area contributed by atoms with Gasteiger partial charge in [0.2, 0.25) is 0 Å². The lowest BCUT2D eigenvalue weighted by molar-refractivity contribution is 0.0944. The van der Waals surface area contributed by atoms with E-state index in [1.807, 2.05) is 24.3 Å². The van der Waals surface area contributed by atoms with Gasteiger partial charge in [0, 0.05) is 11.1 Å². The maximum absolute atomic E-state index is 13.2. The third-order valence-corrected chi connectivity index (χ3v) is 4.22. The first-order chi connectivity index (χ1) is 13.1. The lowest BCUT2D eigenvalue weighted by Crippen LogP contribution is -2.15. The zero-order valence-electron chi connectivity index (χ0n) is 15.5. The van der Waals surface area contributed by atoms with Crippen LogP contribution in [-0.2, 0) is 6.42 Å². The highest BCUT2D eigenvalue weighted by Crippen LogP contribution is 2.22. The normalized spacial score (nSPS) is 10.8. The molecule has 1 heterocycles. The first kappa shape index (κ1) is 18.8. The summed E-state index contributed by atoms with van der Waals surface area (Å²) in [7, 11) is 0. The van der Waals surface area contributed by atoms with Gasteiger partial charge in [-0.1, -0.05) is 44.5 Å². The van der Waals surface area contributed by atoms with Crippen molar-refractivity contribution in [2.24, 2.45) is 0 Å². The minimum atomic E-state index is -0.399. The van der Waals surface area contributed by atoms with E-state index >= 15 is 0 Å². The van der Waals surface area contributed by atoms with E-state index in [1.165, 1.54) is 34.5 Å². The molecule has 1 aromatic heterocycles.